The van der Waals surface area contributed by atoms with Crippen LogP contribution in [0.1, 0.15) is 24.4 Å². The Bertz CT molecular complexity index is 691. The van der Waals surface area contributed by atoms with Crippen molar-refractivity contribution in [1.82, 2.24) is 4.98 Å². The zero-order chi connectivity index (χ0) is 15.5. The third-order valence-corrected chi connectivity index (χ3v) is 3.76. The van der Waals surface area contributed by atoms with Gasteiger partial charge in [0.05, 0.1) is 17.6 Å². The van der Waals surface area contributed by atoms with Crippen LogP contribution in [-0.4, -0.2) is 16.5 Å². The van der Waals surface area contributed by atoms with Crippen molar-refractivity contribution in [3.63, 3.8) is 0 Å². The molecular formula is C15H14ClN3O3. The number of ether oxygens (including phenoxy) is 1. The molecule has 0 spiro atoms. The molecule has 0 aliphatic carbocycles. The predicted molar refractivity (Wildman–Crippen MR) is 83.4 cm³/mol. The average Bonchev–Trinajstić information content (AvgIpc) is 2.70. The lowest BCUT2D eigenvalue weighted by Gasteiger charge is -2.19. The van der Waals surface area contributed by atoms with E-state index in [1.807, 2.05) is 12.1 Å². The fourth-order valence-corrected chi connectivity index (χ4v) is 2.62. The summed E-state index contributed by atoms with van der Waals surface area (Å²) in [5.41, 5.74) is 0.990. The van der Waals surface area contributed by atoms with Crippen molar-refractivity contribution in [3.05, 3.63) is 57.2 Å². The SMILES string of the molecule is O=[N+]([O-])c1ccc(NC2CCCOc3cc(Cl)ccc32)nc1. The highest BCUT2D eigenvalue weighted by molar-refractivity contribution is 6.30. The molecule has 1 N–H and O–H groups in total. The van der Waals surface area contributed by atoms with Gasteiger partial charge in [0.1, 0.15) is 17.8 Å². The van der Waals surface area contributed by atoms with E-state index in [2.05, 4.69) is 10.3 Å². The van der Waals surface area contributed by atoms with Crippen molar-refractivity contribution < 1.29 is 9.66 Å². The summed E-state index contributed by atoms with van der Waals surface area (Å²) in [4.78, 5) is 14.3. The summed E-state index contributed by atoms with van der Waals surface area (Å²) in [7, 11) is 0. The van der Waals surface area contributed by atoms with Gasteiger partial charge < -0.3 is 10.1 Å². The van der Waals surface area contributed by atoms with Crippen molar-refractivity contribution in [1.29, 1.82) is 0 Å². The second-order valence-corrected chi connectivity index (χ2v) is 5.46. The lowest BCUT2D eigenvalue weighted by atomic mass is 10.0. The molecule has 1 aromatic carbocycles. The Hall–Kier alpha value is -2.34. The van der Waals surface area contributed by atoms with Gasteiger partial charge >= 0.3 is 0 Å². The molecule has 7 heteroatoms. The quantitative estimate of drug-likeness (QED) is 0.684. The maximum absolute atomic E-state index is 10.7. The number of nitro groups is 1. The van der Waals surface area contributed by atoms with E-state index in [1.54, 1.807) is 12.1 Å². The molecule has 0 saturated carbocycles. The molecule has 1 unspecified atom stereocenters. The van der Waals surface area contributed by atoms with Gasteiger partial charge in [-0.15, -0.1) is 0 Å². The lowest BCUT2D eigenvalue weighted by Crippen LogP contribution is -2.11. The largest absolute Gasteiger partial charge is 0.493 e. The van der Waals surface area contributed by atoms with Crippen LogP contribution < -0.4 is 10.1 Å². The highest BCUT2D eigenvalue weighted by Gasteiger charge is 2.20. The maximum atomic E-state index is 10.7. The zero-order valence-electron chi connectivity index (χ0n) is 11.7. The minimum atomic E-state index is -0.465. The van der Waals surface area contributed by atoms with E-state index in [4.69, 9.17) is 16.3 Å². The Balaban J connectivity index is 1.84. The molecule has 114 valence electrons. The van der Waals surface area contributed by atoms with E-state index >= 15 is 0 Å². The Morgan fingerprint density at radius 3 is 2.95 bits per heavy atom. The van der Waals surface area contributed by atoms with Crippen LogP contribution in [0.15, 0.2) is 36.5 Å². The van der Waals surface area contributed by atoms with Crippen molar-refractivity contribution in [2.24, 2.45) is 0 Å². The first-order valence-corrected chi connectivity index (χ1v) is 7.30. The number of pyridine rings is 1. The predicted octanol–water partition coefficient (Wildman–Crippen LogP) is 3.97. The number of hydrogen-bond acceptors (Lipinski definition) is 5. The Kier molecular flexibility index (Phi) is 4.11. The van der Waals surface area contributed by atoms with Crippen LogP contribution in [0.5, 0.6) is 5.75 Å². The number of rotatable bonds is 3. The van der Waals surface area contributed by atoms with Crippen LogP contribution >= 0.6 is 11.6 Å². The Morgan fingerprint density at radius 1 is 1.36 bits per heavy atom. The highest BCUT2D eigenvalue weighted by Crippen LogP contribution is 2.35. The molecule has 3 rings (SSSR count). The standard InChI is InChI=1S/C15H14ClN3O3/c16-10-3-5-12-13(2-1-7-22-14(12)8-10)18-15-6-4-11(9-17-15)19(20)21/h3-6,8-9,13H,1-2,7H2,(H,17,18). The molecule has 2 aromatic rings. The van der Waals surface area contributed by atoms with Crippen LogP contribution in [0.2, 0.25) is 5.02 Å². The molecule has 0 amide bonds. The topological polar surface area (TPSA) is 77.3 Å². The summed E-state index contributed by atoms with van der Waals surface area (Å²) < 4.78 is 5.71. The van der Waals surface area contributed by atoms with E-state index in [-0.39, 0.29) is 11.7 Å². The third kappa shape index (κ3) is 3.12. The number of nitrogens with zero attached hydrogens (tertiary/aromatic N) is 2. The van der Waals surface area contributed by atoms with E-state index in [9.17, 15) is 10.1 Å². The van der Waals surface area contributed by atoms with Crippen LogP contribution in [0.3, 0.4) is 0 Å². The number of halogens is 1. The fourth-order valence-electron chi connectivity index (χ4n) is 2.45. The van der Waals surface area contributed by atoms with Gasteiger partial charge in [0.25, 0.3) is 5.69 Å². The van der Waals surface area contributed by atoms with Gasteiger partial charge in [0.2, 0.25) is 0 Å². The van der Waals surface area contributed by atoms with Crippen LogP contribution in [0.25, 0.3) is 0 Å². The monoisotopic (exact) mass is 319 g/mol. The van der Waals surface area contributed by atoms with Crippen molar-refractivity contribution in [2.75, 3.05) is 11.9 Å². The maximum Gasteiger partial charge on any atom is 0.287 e. The normalized spacial score (nSPS) is 17.0. The summed E-state index contributed by atoms with van der Waals surface area (Å²) >= 11 is 6.01. The van der Waals surface area contributed by atoms with Gasteiger partial charge in [-0.25, -0.2) is 4.98 Å². The smallest absolute Gasteiger partial charge is 0.287 e. The second-order valence-electron chi connectivity index (χ2n) is 5.03. The number of benzene rings is 1. The molecule has 1 aliphatic rings. The van der Waals surface area contributed by atoms with Gasteiger partial charge in [-0.05, 0) is 31.0 Å². The van der Waals surface area contributed by atoms with E-state index in [1.165, 1.54) is 12.3 Å². The van der Waals surface area contributed by atoms with Crippen molar-refractivity contribution in [2.45, 2.75) is 18.9 Å². The number of aromatic nitrogens is 1. The molecule has 0 bridgehead atoms. The average molecular weight is 320 g/mol. The fraction of sp³-hybridized carbons (Fsp3) is 0.267. The molecule has 0 radical (unpaired) electrons. The molecule has 6 nitrogen and oxygen atoms in total. The summed E-state index contributed by atoms with van der Waals surface area (Å²) in [6.45, 7) is 0.638. The van der Waals surface area contributed by atoms with Crippen LogP contribution in [0.4, 0.5) is 11.5 Å². The third-order valence-electron chi connectivity index (χ3n) is 3.53. The van der Waals surface area contributed by atoms with Gasteiger partial charge in [0.15, 0.2) is 0 Å². The summed E-state index contributed by atoms with van der Waals surface area (Å²) in [5, 5.41) is 14.6. The first-order chi connectivity index (χ1) is 10.6. The minimum Gasteiger partial charge on any atom is -0.493 e. The van der Waals surface area contributed by atoms with Crippen LogP contribution in [0, 0.1) is 10.1 Å². The molecule has 2 heterocycles. The summed E-state index contributed by atoms with van der Waals surface area (Å²) in [6.07, 6.45) is 3.03. The molecule has 1 atom stereocenters. The summed E-state index contributed by atoms with van der Waals surface area (Å²) in [5.74, 6) is 1.36. The minimum absolute atomic E-state index is 0.0260. The van der Waals surface area contributed by atoms with Gasteiger partial charge in [-0.3, -0.25) is 10.1 Å². The molecular weight excluding hydrogens is 306 g/mol. The molecule has 0 saturated heterocycles. The van der Waals surface area contributed by atoms with Crippen molar-refractivity contribution >= 4 is 23.1 Å². The van der Waals surface area contributed by atoms with Gasteiger partial charge in [-0.1, -0.05) is 17.7 Å². The van der Waals surface area contributed by atoms with Crippen molar-refractivity contribution in [3.8, 4) is 5.75 Å². The molecule has 0 fully saturated rings. The van der Waals surface area contributed by atoms with Crippen LogP contribution in [-0.2, 0) is 0 Å². The summed E-state index contributed by atoms with van der Waals surface area (Å²) in [6, 6.07) is 8.65. The highest BCUT2D eigenvalue weighted by atomic mass is 35.5. The van der Waals surface area contributed by atoms with E-state index in [0.717, 1.165) is 24.2 Å². The second kappa shape index (κ2) is 6.19. The lowest BCUT2D eigenvalue weighted by molar-refractivity contribution is -0.385. The Morgan fingerprint density at radius 2 is 2.23 bits per heavy atom. The number of nitrogens with one attached hydrogen (secondary N) is 1. The Labute approximate surface area is 132 Å². The number of anilines is 1. The first-order valence-electron chi connectivity index (χ1n) is 6.93. The van der Waals surface area contributed by atoms with E-state index < -0.39 is 4.92 Å². The molecule has 1 aliphatic heterocycles. The molecule has 22 heavy (non-hydrogen) atoms. The first kappa shape index (κ1) is 14.6. The molecule has 1 aromatic heterocycles. The zero-order valence-corrected chi connectivity index (χ0v) is 12.4. The van der Waals surface area contributed by atoms with Gasteiger partial charge in [0, 0.05) is 16.7 Å². The number of hydrogen-bond donors (Lipinski definition) is 1. The van der Waals surface area contributed by atoms with Gasteiger partial charge in [-0.2, -0.15) is 0 Å². The number of fused-ring (bicyclic) bond motifs is 1. The van der Waals surface area contributed by atoms with E-state index in [0.29, 0.717) is 17.4 Å².